The van der Waals surface area contributed by atoms with Crippen molar-refractivity contribution in [3.8, 4) is 11.8 Å². The molecule has 3 amide bonds. The molecule has 0 radical (unpaired) electrons. The lowest BCUT2D eigenvalue weighted by Crippen LogP contribution is -2.54. The van der Waals surface area contributed by atoms with Crippen molar-refractivity contribution in [1.82, 2.24) is 26.0 Å². The van der Waals surface area contributed by atoms with E-state index < -0.39 is 23.8 Å². The van der Waals surface area contributed by atoms with E-state index in [-0.39, 0.29) is 5.56 Å². The number of carbonyl (C=O) groups excluding carboxylic acids is 3. The van der Waals surface area contributed by atoms with Crippen LogP contribution in [0.25, 0.3) is 0 Å². The SMILES string of the molecule is C=C/C(=C\C=C(/C)C#Cc1ccc(C(=O)N(C)C(C(=O)NC)C(=O)NO)cc1)CNCCc1ccncc1. The molecule has 0 saturated carbocycles. The minimum atomic E-state index is -1.52. The Morgan fingerprint density at radius 3 is 2.39 bits per heavy atom. The Hall–Kier alpha value is -4.52. The zero-order valence-electron chi connectivity index (χ0n) is 21.8. The Morgan fingerprint density at radius 1 is 1.11 bits per heavy atom. The van der Waals surface area contributed by atoms with Crippen LogP contribution in [-0.4, -0.2) is 66.0 Å². The lowest BCUT2D eigenvalue weighted by Gasteiger charge is -2.25. The highest BCUT2D eigenvalue weighted by Crippen LogP contribution is 2.10. The number of allylic oxidation sites excluding steroid dienone is 3. The third-order valence-electron chi connectivity index (χ3n) is 5.58. The predicted molar refractivity (Wildman–Crippen MR) is 146 cm³/mol. The normalized spacial score (nSPS) is 12.0. The van der Waals surface area contributed by atoms with Gasteiger partial charge in [0.2, 0.25) is 0 Å². The molecule has 38 heavy (non-hydrogen) atoms. The van der Waals surface area contributed by atoms with Crippen molar-refractivity contribution in [3.63, 3.8) is 0 Å². The summed E-state index contributed by atoms with van der Waals surface area (Å²) in [4.78, 5) is 41.6. The van der Waals surface area contributed by atoms with Crippen LogP contribution >= 0.6 is 0 Å². The van der Waals surface area contributed by atoms with Gasteiger partial charge >= 0.3 is 0 Å². The number of hydrogen-bond acceptors (Lipinski definition) is 6. The van der Waals surface area contributed by atoms with Crippen molar-refractivity contribution in [2.45, 2.75) is 19.4 Å². The van der Waals surface area contributed by atoms with Crippen molar-refractivity contribution >= 4 is 17.7 Å². The quantitative estimate of drug-likeness (QED) is 0.0907. The van der Waals surface area contributed by atoms with E-state index in [1.807, 2.05) is 37.3 Å². The maximum atomic E-state index is 12.8. The van der Waals surface area contributed by atoms with E-state index in [0.717, 1.165) is 29.0 Å². The molecule has 2 aromatic rings. The van der Waals surface area contributed by atoms with Gasteiger partial charge in [-0.3, -0.25) is 24.6 Å². The summed E-state index contributed by atoms with van der Waals surface area (Å²) in [6.45, 7) is 7.31. The zero-order valence-corrected chi connectivity index (χ0v) is 21.8. The topological polar surface area (TPSA) is 124 Å². The zero-order chi connectivity index (χ0) is 27.9. The number of hydroxylamine groups is 1. The van der Waals surface area contributed by atoms with Crippen molar-refractivity contribution in [2.24, 2.45) is 0 Å². The first-order chi connectivity index (χ1) is 18.3. The Balaban J connectivity index is 1.98. The summed E-state index contributed by atoms with van der Waals surface area (Å²) in [5.41, 5.74) is 5.49. The van der Waals surface area contributed by atoms with Gasteiger partial charge in [-0.05, 0) is 73.0 Å². The molecule has 2 rings (SSSR count). The van der Waals surface area contributed by atoms with Gasteiger partial charge in [-0.25, -0.2) is 5.48 Å². The third-order valence-corrected chi connectivity index (χ3v) is 5.58. The van der Waals surface area contributed by atoms with Gasteiger partial charge in [0.1, 0.15) is 0 Å². The number of benzene rings is 1. The van der Waals surface area contributed by atoms with Gasteiger partial charge in [-0.2, -0.15) is 0 Å². The minimum Gasteiger partial charge on any atom is -0.357 e. The number of nitrogens with one attached hydrogen (secondary N) is 3. The molecule has 0 aliphatic heterocycles. The lowest BCUT2D eigenvalue weighted by atomic mass is 10.1. The maximum Gasteiger partial charge on any atom is 0.275 e. The van der Waals surface area contributed by atoms with Crippen molar-refractivity contribution in [2.75, 3.05) is 27.2 Å². The van der Waals surface area contributed by atoms with Gasteiger partial charge in [0.25, 0.3) is 17.7 Å². The number of amides is 3. The molecule has 0 bridgehead atoms. The van der Waals surface area contributed by atoms with E-state index in [1.54, 1.807) is 36.7 Å². The van der Waals surface area contributed by atoms with Crippen LogP contribution in [0.15, 0.2) is 84.7 Å². The standard InChI is InChI=1S/C29H33N5O4/c1-5-22(20-32-19-16-24-14-17-31-18-15-24)8-6-21(2)7-9-23-10-12-25(13-11-23)29(37)34(4)26(27(35)30-3)28(36)33-38/h5-6,8,10-15,17-18,26,32,38H,1,16,19-20H2,2-4H3,(H,30,35)(H,33,36)/b21-6+,22-8+. The molecule has 0 fully saturated rings. The molecule has 1 aromatic carbocycles. The molecule has 1 unspecified atom stereocenters. The Bertz CT molecular complexity index is 1230. The van der Waals surface area contributed by atoms with Crippen molar-refractivity contribution < 1.29 is 19.6 Å². The smallest absolute Gasteiger partial charge is 0.275 e. The van der Waals surface area contributed by atoms with E-state index in [4.69, 9.17) is 5.21 Å². The first kappa shape index (κ1) is 29.7. The van der Waals surface area contributed by atoms with Crippen LogP contribution in [0.2, 0.25) is 0 Å². The number of aromatic nitrogens is 1. The van der Waals surface area contributed by atoms with Gasteiger partial charge in [0.15, 0.2) is 6.04 Å². The number of pyridine rings is 1. The summed E-state index contributed by atoms with van der Waals surface area (Å²) in [5, 5.41) is 14.6. The molecule has 9 heteroatoms. The minimum absolute atomic E-state index is 0.264. The average Bonchev–Trinajstić information content (AvgIpc) is 2.95. The summed E-state index contributed by atoms with van der Waals surface area (Å²) < 4.78 is 0. The highest BCUT2D eigenvalue weighted by Gasteiger charge is 2.33. The molecule has 0 saturated heterocycles. The maximum absolute atomic E-state index is 12.8. The van der Waals surface area contributed by atoms with E-state index in [1.165, 1.54) is 25.1 Å². The number of hydrogen-bond donors (Lipinski definition) is 4. The third kappa shape index (κ3) is 9.17. The molecule has 4 N–H and O–H groups in total. The molecular weight excluding hydrogens is 482 g/mol. The van der Waals surface area contributed by atoms with Crippen LogP contribution in [0.1, 0.15) is 28.4 Å². The molecule has 198 valence electrons. The Morgan fingerprint density at radius 2 is 1.79 bits per heavy atom. The largest absolute Gasteiger partial charge is 0.357 e. The van der Waals surface area contributed by atoms with E-state index in [0.29, 0.717) is 12.1 Å². The number of carbonyl (C=O) groups is 3. The second-order valence-corrected chi connectivity index (χ2v) is 8.31. The monoisotopic (exact) mass is 515 g/mol. The van der Waals surface area contributed by atoms with Crippen LogP contribution in [-0.2, 0) is 16.0 Å². The van der Waals surface area contributed by atoms with Gasteiger partial charge in [-0.15, -0.1) is 0 Å². The van der Waals surface area contributed by atoms with Gasteiger partial charge in [-0.1, -0.05) is 36.6 Å². The number of rotatable bonds is 11. The molecule has 1 heterocycles. The highest BCUT2D eigenvalue weighted by atomic mass is 16.5. The molecule has 1 atom stereocenters. The summed E-state index contributed by atoms with van der Waals surface area (Å²) in [6.07, 6.45) is 10.2. The first-order valence-electron chi connectivity index (χ1n) is 11.9. The second-order valence-electron chi connectivity index (χ2n) is 8.31. The fourth-order valence-corrected chi connectivity index (χ4v) is 3.34. The average molecular weight is 516 g/mol. The predicted octanol–water partition coefficient (Wildman–Crippen LogP) is 2.02. The summed E-state index contributed by atoms with van der Waals surface area (Å²) in [6, 6.07) is 8.97. The fourth-order valence-electron chi connectivity index (χ4n) is 3.34. The van der Waals surface area contributed by atoms with Gasteiger partial charge < -0.3 is 15.5 Å². The van der Waals surface area contributed by atoms with E-state index >= 15 is 0 Å². The molecular formula is C29H33N5O4. The molecule has 0 spiro atoms. The molecule has 1 aromatic heterocycles. The first-order valence-corrected chi connectivity index (χ1v) is 11.9. The summed E-state index contributed by atoms with van der Waals surface area (Å²) in [7, 11) is 2.64. The Kier molecular flexibility index (Phi) is 12.2. The number of nitrogens with zero attached hydrogens (tertiary/aromatic N) is 2. The second kappa shape index (κ2) is 15.6. The molecule has 9 nitrogen and oxygen atoms in total. The van der Waals surface area contributed by atoms with Crippen LogP contribution in [0.5, 0.6) is 0 Å². The van der Waals surface area contributed by atoms with Crippen LogP contribution in [0, 0.1) is 11.8 Å². The van der Waals surface area contributed by atoms with Crippen molar-refractivity contribution in [3.05, 3.63) is 101 Å². The van der Waals surface area contributed by atoms with Crippen molar-refractivity contribution in [1.29, 1.82) is 0 Å². The van der Waals surface area contributed by atoms with Gasteiger partial charge in [0, 0.05) is 44.2 Å². The van der Waals surface area contributed by atoms with E-state index in [2.05, 4.69) is 34.0 Å². The van der Waals surface area contributed by atoms with E-state index in [9.17, 15) is 14.4 Å². The van der Waals surface area contributed by atoms with Crippen LogP contribution in [0.3, 0.4) is 0 Å². The number of likely N-dealkylation sites (N-methyl/N-ethyl adjacent to an activating group) is 2. The Labute approximate surface area is 223 Å². The fraction of sp³-hybridized carbons (Fsp3) is 0.241. The molecule has 0 aliphatic rings. The summed E-state index contributed by atoms with van der Waals surface area (Å²) >= 11 is 0. The van der Waals surface area contributed by atoms with Crippen LogP contribution < -0.4 is 16.1 Å². The lowest BCUT2D eigenvalue weighted by molar-refractivity contribution is -0.140. The summed E-state index contributed by atoms with van der Waals surface area (Å²) in [5.74, 6) is 3.82. The van der Waals surface area contributed by atoms with Gasteiger partial charge in [0.05, 0.1) is 0 Å². The van der Waals surface area contributed by atoms with Crippen LogP contribution in [0.4, 0.5) is 0 Å². The highest BCUT2D eigenvalue weighted by molar-refractivity contribution is 6.08. The molecule has 0 aliphatic carbocycles.